The van der Waals surface area contributed by atoms with E-state index in [0.29, 0.717) is 43.6 Å². The fourth-order valence-electron chi connectivity index (χ4n) is 11.2. The van der Waals surface area contributed by atoms with E-state index >= 15 is 0 Å². The molecule has 4 fully saturated rings. The molecule has 3 aliphatic heterocycles. The van der Waals surface area contributed by atoms with E-state index in [-0.39, 0.29) is 56.4 Å². The van der Waals surface area contributed by atoms with Crippen LogP contribution >= 0.6 is 11.3 Å². The Morgan fingerprint density at radius 2 is 1.61 bits per heavy atom. The number of imidazole rings is 1. The van der Waals surface area contributed by atoms with Gasteiger partial charge in [0.05, 0.1) is 52.7 Å². The van der Waals surface area contributed by atoms with Gasteiger partial charge in [-0.15, -0.1) is 11.3 Å². The lowest BCUT2D eigenvalue weighted by Crippen LogP contribution is -2.58. The number of thiazole rings is 1. The molecule has 10 rings (SSSR count). The number of pyridine rings is 1. The second-order valence-electron chi connectivity index (χ2n) is 23.3. The number of aromatic nitrogens is 6. The number of piperidine rings is 1. The number of fused-ring (bicyclic) bond motifs is 1. The smallest absolute Gasteiger partial charge is 0.246 e. The van der Waals surface area contributed by atoms with Crippen molar-refractivity contribution in [1.82, 2.24) is 49.9 Å². The van der Waals surface area contributed by atoms with Crippen LogP contribution in [0.3, 0.4) is 0 Å². The maximum atomic E-state index is 14.1. The van der Waals surface area contributed by atoms with Gasteiger partial charge in [0, 0.05) is 109 Å². The largest absolute Gasteiger partial charge is 0.490 e. The number of nitrogens with one attached hydrogen (secondary N) is 3. The van der Waals surface area contributed by atoms with E-state index in [1.165, 1.54) is 4.90 Å². The molecule has 0 radical (unpaired) electrons. The van der Waals surface area contributed by atoms with Crippen LogP contribution in [-0.2, 0) is 41.7 Å². The highest BCUT2D eigenvalue weighted by molar-refractivity contribution is 7.13. The molecule has 0 bridgehead atoms. The first-order valence-corrected chi connectivity index (χ1v) is 29.7. The number of piperazine rings is 1. The second kappa shape index (κ2) is 26.2. The number of aliphatic hydroxyl groups is 1. The van der Waals surface area contributed by atoms with Gasteiger partial charge in [-0.25, -0.2) is 19.9 Å². The van der Waals surface area contributed by atoms with Crippen LogP contribution in [0.5, 0.6) is 5.75 Å². The van der Waals surface area contributed by atoms with Crippen LogP contribution in [0.25, 0.3) is 21.5 Å². The van der Waals surface area contributed by atoms with Crippen molar-refractivity contribution in [1.29, 1.82) is 0 Å². The standard InChI is InChI=1S/C60H79N13O8S/c1-38(2)73-49-31-52(66-51-16-19-61-59(67-51)71-20-17-44(78-7)18-21-71)62-33-48(49)65-53(73)35-79-27-26-69-22-24-70(25-23-69)42-12-14-45(15-13-42)81-47-29-46(30-47)80-36-54(75)68-56(60(4,5)6)58(77)72-34-43(74)28-50(72)57(76)63-32-40-8-10-41(11-9-40)55-39(3)64-37-82-55/h8-16,19,31,33,37-38,43-44,46-47,50,56,74H,17-18,20-30,32,34-36H2,1-7H3,(H,63,76)(H,68,75)(H,61,62,66,67)/t43-,46?,47?,50+,56?/m1/s1. The lowest BCUT2D eigenvalue weighted by Gasteiger charge is -2.37. The minimum atomic E-state index is -0.948. The Balaban J connectivity index is 0.617. The van der Waals surface area contributed by atoms with Crippen molar-refractivity contribution in [2.45, 2.75) is 129 Å². The lowest BCUT2D eigenvalue weighted by atomic mass is 9.85. The van der Waals surface area contributed by atoms with Gasteiger partial charge in [-0.05, 0) is 80.5 Å². The molecule has 2 aromatic carbocycles. The predicted octanol–water partition coefficient (Wildman–Crippen LogP) is 6.67. The molecule has 1 unspecified atom stereocenters. The molecule has 82 heavy (non-hydrogen) atoms. The zero-order chi connectivity index (χ0) is 57.5. The monoisotopic (exact) mass is 1140 g/mol. The molecule has 1 aliphatic carbocycles. The van der Waals surface area contributed by atoms with E-state index < -0.39 is 35.4 Å². The van der Waals surface area contributed by atoms with Crippen molar-refractivity contribution in [3.63, 3.8) is 0 Å². The van der Waals surface area contributed by atoms with E-state index in [9.17, 15) is 19.5 Å². The van der Waals surface area contributed by atoms with E-state index in [4.69, 9.17) is 28.9 Å². The Bertz CT molecular complexity index is 3110. The van der Waals surface area contributed by atoms with Crippen molar-refractivity contribution in [2.75, 3.05) is 87.8 Å². The van der Waals surface area contributed by atoms with Gasteiger partial charge >= 0.3 is 0 Å². The normalized spacial score (nSPS) is 20.3. The molecule has 3 amide bonds. The van der Waals surface area contributed by atoms with Crippen molar-refractivity contribution in [3.05, 3.63) is 95.6 Å². The Labute approximate surface area is 484 Å². The number of methoxy groups -OCH3 is 1. The number of anilines is 4. The minimum absolute atomic E-state index is 0.00311. The maximum absolute atomic E-state index is 14.1. The van der Waals surface area contributed by atoms with Crippen molar-refractivity contribution in [3.8, 4) is 16.2 Å². The highest BCUT2D eigenvalue weighted by Crippen LogP contribution is 2.32. The van der Waals surface area contributed by atoms with Gasteiger partial charge in [0.15, 0.2) is 0 Å². The van der Waals surface area contributed by atoms with Crippen molar-refractivity contribution < 1.29 is 38.4 Å². The predicted molar refractivity (Wildman–Crippen MR) is 315 cm³/mol. The molecular weight excluding hydrogens is 1060 g/mol. The summed E-state index contributed by atoms with van der Waals surface area (Å²) < 4.78 is 26.3. The van der Waals surface area contributed by atoms with Gasteiger partial charge in [-0.3, -0.25) is 19.3 Å². The average Bonchev–Trinajstić information content (AvgIpc) is 4.21. The maximum Gasteiger partial charge on any atom is 0.246 e. The molecule has 4 N–H and O–H groups in total. The minimum Gasteiger partial charge on any atom is -0.490 e. The van der Waals surface area contributed by atoms with E-state index in [0.717, 1.165) is 109 Å². The van der Waals surface area contributed by atoms with Gasteiger partial charge in [0.1, 0.15) is 60.1 Å². The number of β-amino-alcohol motifs (C(OH)–C–C–N with tert-alkyl or cyclic N) is 1. The highest BCUT2D eigenvalue weighted by atomic mass is 32.1. The Hall–Kier alpha value is -6.82. The number of aliphatic hydroxyl groups excluding tert-OH is 1. The quantitative estimate of drug-likeness (QED) is 0.0521. The number of carbonyl (C=O) groups excluding carboxylic acids is 3. The summed E-state index contributed by atoms with van der Waals surface area (Å²) in [5.74, 6) is 2.53. The SMILES string of the molecule is COC1CCN(c2nccc(Nc3cc4c(cn3)nc(COCCN3CCN(c5ccc(OC6CC(OCC(=O)NC(C(=O)N7C[C@H](O)C[C@H]7C(=O)NCc7ccc(-c8scnc8C)cc7)C(C)(C)C)C6)cc5)CC3)n4C(C)C)n2)CC1. The molecular formula is C60H79N13O8S. The Morgan fingerprint density at radius 1 is 0.854 bits per heavy atom. The van der Waals surface area contributed by atoms with Gasteiger partial charge in [0.2, 0.25) is 23.7 Å². The summed E-state index contributed by atoms with van der Waals surface area (Å²) in [7, 11) is 1.77. The summed E-state index contributed by atoms with van der Waals surface area (Å²) in [4.78, 5) is 73.8. The number of benzene rings is 2. The molecule has 1 saturated carbocycles. The number of ether oxygens (including phenoxy) is 4. The summed E-state index contributed by atoms with van der Waals surface area (Å²) in [5.41, 5.74) is 7.02. The zero-order valence-corrected chi connectivity index (χ0v) is 49.1. The van der Waals surface area contributed by atoms with Gasteiger partial charge < -0.3 is 59.3 Å². The number of nitrogens with zero attached hydrogens (tertiary/aromatic N) is 10. The van der Waals surface area contributed by atoms with E-state index in [1.807, 2.05) is 81.7 Å². The number of hydrogen-bond acceptors (Lipinski definition) is 18. The molecule has 0 spiro atoms. The highest BCUT2D eigenvalue weighted by Gasteiger charge is 2.45. The molecule has 3 atom stereocenters. The zero-order valence-electron chi connectivity index (χ0n) is 48.3. The molecule has 4 aliphatic rings. The van der Waals surface area contributed by atoms with Crippen LogP contribution in [0.2, 0.25) is 0 Å². The first kappa shape index (κ1) is 58.4. The molecule has 6 aromatic rings. The molecule has 21 nitrogen and oxygen atoms in total. The molecule has 4 aromatic heterocycles. The summed E-state index contributed by atoms with van der Waals surface area (Å²) >= 11 is 1.58. The first-order valence-electron chi connectivity index (χ1n) is 28.8. The number of hydrogen-bond donors (Lipinski definition) is 4. The Morgan fingerprint density at radius 3 is 2.30 bits per heavy atom. The Kier molecular flexibility index (Phi) is 18.6. The van der Waals surface area contributed by atoms with Crippen LogP contribution < -0.4 is 30.5 Å². The van der Waals surface area contributed by atoms with Crippen molar-refractivity contribution >= 4 is 63.4 Å². The first-order chi connectivity index (χ1) is 39.5. The van der Waals surface area contributed by atoms with Gasteiger partial charge in [-0.2, -0.15) is 4.98 Å². The average molecular weight is 1140 g/mol. The second-order valence-corrected chi connectivity index (χ2v) is 24.2. The van der Waals surface area contributed by atoms with Crippen LogP contribution in [0.4, 0.5) is 23.3 Å². The summed E-state index contributed by atoms with van der Waals surface area (Å²) in [6.07, 6.45) is 6.09. The number of likely N-dealkylation sites (tertiary alicyclic amines) is 1. The summed E-state index contributed by atoms with van der Waals surface area (Å²) in [5, 5.41) is 19.9. The summed E-state index contributed by atoms with van der Waals surface area (Å²) in [6.45, 7) is 19.1. The van der Waals surface area contributed by atoms with Crippen LogP contribution in [0.1, 0.15) is 89.8 Å². The summed E-state index contributed by atoms with van der Waals surface area (Å²) in [6, 6.07) is 18.4. The third-order valence-electron chi connectivity index (χ3n) is 16.0. The van der Waals surface area contributed by atoms with E-state index in [1.54, 1.807) is 30.8 Å². The van der Waals surface area contributed by atoms with E-state index in [2.05, 4.69) is 76.1 Å². The number of aryl methyl sites for hydroxylation is 1. The molecule has 438 valence electrons. The number of carbonyl (C=O) groups is 3. The number of amides is 3. The fourth-order valence-corrected chi connectivity index (χ4v) is 12.0. The fraction of sp³-hybridized carbons (Fsp3) is 0.533. The number of rotatable bonds is 22. The third kappa shape index (κ3) is 14.3. The van der Waals surface area contributed by atoms with Crippen LogP contribution in [0, 0.1) is 12.3 Å². The lowest BCUT2D eigenvalue weighted by molar-refractivity contribution is -0.146. The van der Waals surface area contributed by atoms with Crippen molar-refractivity contribution in [2.24, 2.45) is 5.41 Å². The molecule has 7 heterocycles. The topological polar surface area (TPSA) is 227 Å². The van der Waals surface area contributed by atoms with Crippen LogP contribution in [-0.4, -0.2) is 171 Å². The third-order valence-corrected chi connectivity index (χ3v) is 17.0. The van der Waals surface area contributed by atoms with Gasteiger partial charge in [-0.1, -0.05) is 45.0 Å². The van der Waals surface area contributed by atoms with Gasteiger partial charge in [0.25, 0.3) is 0 Å². The molecule has 3 saturated heterocycles. The molecule has 22 heteroatoms. The van der Waals surface area contributed by atoms with Crippen LogP contribution in [0.15, 0.2) is 78.6 Å².